The van der Waals surface area contributed by atoms with Crippen LogP contribution < -0.4 is 20.7 Å². The molecular formula is C18H26N4O6. The van der Waals surface area contributed by atoms with Gasteiger partial charge in [0.15, 0.2) is 0 Å². The SMILES string of the molecule is CCOC(=O)N1CCN(c2c(N3CCN(C(=O)OCC)CC3)c(=O)c2=O)CC1. The number of amides is 2. The Hall–Kier alpha value is -2.78. The van der Waals surface area contributed by atoms with E-state index in [1.807, 2.05) is 9.80 Å². The Morgan fingerprint density at radius 1 is 0.679 bits per heavy atom. The van der Waals surface area contributed by atoms with Gasteiger partial charge < -0.3 is 29.1 Å². The summed E-state index contributed by atoms with van der Waals surface area (Å²) in [5, 5.41) is 0. The van der Waals surface area contributed by atoms with Crippen molar-refractivity contribution in [2.75, 3.05) is 75.4 Å². The molecule has 2 saturated heterocycles. The number of ether oxygens (including phenoxy) is 2. The summed E-state index contributed by atoms with van der Waals surface area (Å²) in [5.41, 5.74) is -0.101. The van der Waals surface area contributed by atoms with E-state index in [0.717, 1.165) is 0 Å². The summed E-state index contributed by atoms with van der Waals surface area (Å²) >= 11 is 0. The zero-order chi connectivity index (χ0) is 20.3. The number of hydrogen-bond acceptors (Lipinski definition) is 8. The van der Waals surface area contributed by atoms with Gasteiger partial charge in [0.25, 0.3) is 10.9 Å². The number of anilines is 2. The fourth-order valence-corrected chi connectivity index (χ4v) is 3.61. The highest BCUT2D eigenvalue weighted by atomic mass is 16.6. The molecule has 10 nitrogen and oxygen atoms in total. The first-order valence-electron chi connectivity index (χ1n) is 9.64. The van der Waals surface area contributed by atoms with E-state index in [4.69, 9.17) is 9.47 Å². The van der Waals surface area contributed by atoms with Gasteiger partial charge in [-0.15, -0.1) is 0 Å². The molecule has 0 radical (unpaired) electrons. The maximum Gasteiger partial charge on any atom is 0.409 e. The quantitative estimate of drug-likeness (QED) is 0.650. The number of nitrogens with zero attached hydrogens (tertiary/aromatic N) is 4. The fourth-order valence-electron chi connectivity index (χ4n) is 3.61. The Morgan fingerprint density at radius 2 is 1.00 bits per heavy atom. The van der Waals surface area contributed by atoms with Crippen molar-refractivity contribution in [3.05, 3.63) is 20.4 Å². The fraction of sp³-hybridized carbons (Fsp3) is 0.667. The lowest BCUT2D eigenvalue weighted by atomic mass is 10.1. The highest BCUT2D eigenvalue weighted by Crippen LogP contribution is 2.26. The molecule has 0 aliphatic carbocycles. The maximum atomic E-state index is 12.2. The minimum atomic E-state index is -0.479. The van der Waals surface area contributed by atoms with E-state index in [2.05, 4.69) is 0 Å². The Labute approximate surface area is 162 Å². The largest absolute Gasteiger partial charge is 0.450 e. The number of piperazine rings is 2. The zero-order valence-corrected chi connectivity index (χ0v) is 16.3. The standard InChI is InChI=1S/C18H26N4O6/c1-3-27-17(25)21-9-5-19(6-10-21)13-14(16(24)15(13)23)20-7-11-22(12-8-20)18(26)28-4-2/h3-12H2,1-2H3. The molecular weight excluding hydrogens is 368 g/mol. The molecule has 0 spiro atoms. The summed E-state index contributed by atoms with van der Waals surface area (Å²) < 4.78 is 10.0. The molecule has 2 fully saturated rings. The number of carbonyl (C=O) groups is 2. The zero-order valence-electron chi connectivity index (χ0n) is 16.3. The smallest absolute Gasteiger partial charge is 0.409 e. The Kier molecular flexibility index (Phi) is 6.05. The van der Waals surface area contributed by atoms with Gasteiger partial charge in [-0.1, -0.05) is 0 Å². The maximum absolute atomic E-state index is 12.2. The Balaban J connectivity index is 1.63. The minimum Gasteiger partial charge on any atom is -0.450 e. The van der Waals surface area contributed by atoms with Crippen LogP contribution in [0.3, 0.4) is 0 Å². The van der Waals surface area contributed by atoms with Crippen LogP contribution in [0.1, 0.15) is 13.8 Å². The van der Waals surface area contributed by atoms with Gasteiger partial charge in [0.1, 0.15) is 11.4 Å². The van der Waals surface area contributed by atoms with Crippen molar-refractivity contribution in [3.63, 3.8) is 0 Å². The molecule has 0 unspecified atom stereocenters. The first kappa shape index (κ1) is 20.0. The number of hydrogen-bond donors (Lipinski definition) is 0. The van der Waals surface area contributed by atoms with Crippen molar-refractivity contribution in [1.29, 1.82) is 0 Å². The van der Waals surface area contributed by atoms with Gasteiger partial charge in [-0.3, -0.25) is 9.59 Å². The van der Waals surface area contributed by atoms with Crippen LogP contribution in [0.2, 0.25) is 0 Å². The normalized spacial score (nSPS) is 17.8. The first-order chi connectivity index (χ1) is 13.5. The van der Waals surface area contributed by atoms with Gasteiger partial charge in [0.05, 0.1) is 13.2 Å². The van der Waals surface area contributed by atoms with E-state index in [9.17, 15) is 19.2 Å². The third-order valence-corrected chi connectivity index (χ3v) is 5.10. The van der Waals surface area contributed by atoms with Crippen LogP contribution in [0.25, 0.3) is 0 Å². The molecule has 0 aromatic heterocycles. The summed E-state index contributed by atoms with van der Waals surface area (Å²) in [5.74, 6) is 0. The van der Waals surface area contributed by atoms with E-state index in [1.54, 1.807) is 23.6 Å². The van der Waals surface area contributed by atoms with Gasteiger partial charge in [-0.05, 0) is 13.8 Å². The number of carbonyl (C=O) groups excluding carboxylic acids is 2. The van der Waals surface area contributed by atoms with Crippen LogP contribution in [-0.4, -0.2) is 87.6 Å². The van der Waals surface area contributed by atoms with Crippen LogP contribution in [0.4, 0.5) is 21.0 Å². The monoisotopic (exact) mass is 394 g/mol. The molecule has 3 rings (SSSR count). The van der Waals surface area contributed by atoms with Crippen molar-refractivity contribution in [3.8, 4) is 0 Å². The summed E-state index contributed by atoms with van der Waals surface area (Å²) in [6.07, 6.45) is -0.718. The van der Waals surface area contributed by atoms with Gasteiger partial charge in [-0.2, -0.15) is 0 Å². The van der Waals surface area contributed by atoms with Crippen LogP contribution in [0.5, 0.6) is 0 Å². The Morgan fingerprint density at radius 3 is 1.29 bits per heavy atom. The summed E-state index contributed by atoms with van der Waals surface area (Å²) in [4.78, 5) is 55.0. The average Bonchev–Trinajstić information content (AvgIpc) is 2.72. The Bertz CT molecular complexity index is 721. The van der Waals surface area contributed by atoms with E-state index in [-0.39, 0.29) is 12.2 Å². The van der Waals surface area contributed by atoms with Gasteiger partial charge in [-0.25, -0.2) is 9.59 Å². The topological polar surface area (TPSA) is 99.7 Å². The molecule has 0 atom stereocenters. The third-order valence-electron chi connectivity index (χ3n) is 5.10. The van der Waals surface area contributed by atoms with Crippen molar-refractivity contribution in [2.24, 2.45) is 0 Å². The summed E-state index contributed by atoms with van der Waals surface area (Å²) in [7, 11) is 0. The molecule has 154 valence electrons. The molecule has 28 heavy (non-hydrogen) atoms. The first-order valence-corrected chi connectivity index (χ1v) is 9.64. The molecule has 10 heteroatoms. The lowest BCUT2D eigenvalue weighted by Crippen LogP contribution is -2.56. The van der Waals surface area contributed by atoms with Gasteiger partial charge >= 0.3 is 12.2 Å². The molecule has 2 amide bonds. The van der Waals surface area contributed by atoms with Crippen LogP contribution >= 0.6 is 0 Å². The minimum absolute atomic E-state index is 0.319. The van der Waals surface area contributed by atoms with E-state index in [0.29, 0.717) is 76.9 Å². The van der Waals surface area contributed by atoms with Crippen LogP contribution in [0.15, 0.2) is 9.59 Å². The van der Waals surface area contributed by atoms with Gasteiger partial charge in [0.2, 0.25) is 0 Å². The number of rotatable bonds is 4. The molecule has 0 saturated carbocycles. The second kappa shape index (κ2) is 8.49. The molecule has 0 bridgehead atoms. The lowest BCUT2D eigenvalue weighted by molar-refractivity contribution is 0.104. The van der Waals surface area contributed by atoms with Crippen LogP contribution in [0, 0.1) is 0 Å². The predicted octanol–water partition coefficient (Wildman–Crippen LogP) is -0.160. The molecule has 2 aliphatic rings. The van der Waals surface area contributed by atoms with Crippen molar-refractivity contribution >= 4 is 23.6 Å². The van der Waals surface area contributed by atoms with E-state index < -0.39 is 10.9 Å². The van der Waals surface area contributed by atoms with Gasteiger partial charge in [0, 0.05) is 52.4 Å². The molecule has 0 N–H and O–H groups in total. The molecule has 1 aromatic rings. The summed E-state index contributed by atoms with van der Waals surface area (Å²) in [6, 6.07) is 0. The molecule has 1 aromatic carbocycles. The third kappa shape index (κ3) is 3.76. The second-order valence-electron chi connectivity index (χ2n) is 6.70. The predicted molar refractivity (Wildman–Crippen MR) is 103 cm³/mol. The molecule has 2 aliphatic heterocycles. The second-order valence-corrected chi connectivity index (χ2v) is 6.70. The lowest BCUT2D eigenvalue weighted by Gasteiger charge is -2.40. The average molecular weight is 394 g/mol. The van der Waals surface area contributed by atoms with Crippen LogP contribution in [-0.2, 0) is 9.47 Å². The summed E-state index contributed by atoms with van der Waals surface area (Å²) in [6.45, 7) is 7.79. The van der Waals surface area contributed by atoms with Crippen molar-refractivity contribution in [2.45, 2.75) is 13.8 Å². The van der Waals surface area contributed by atoms with Crippen molar-refractivity contribution < 1.29 is 19.1 Å². The molecule has 2 heterocycles. The van der Waals surface area contributed by atoms with E-state index >= 15 is 0 Å². The van der Waals surface area contributed by atoms with E-state index in [1.165, 1.54) is 0 Å². The highest BCUT2D eigenvalue weighted by Gasteiger charge is 2.34. The van der Waals surface area contributed by atoms with Crippen molar-refractivity contribution in [1.82, 2.24) is 9.80 Å². The highest BCUT2D eigenvalue weighted by molar-refractivity contribution is 5.77.